The maximum Gasteiger partial charge on any atom is 0.218 e. The Kier molecular flexibility index (Phi) is 3.40. The van der Waals surface area contributed by atoms with Crippen LogP contribution < -0.4 is 4.90 Å². The highest BCUT2D eigenvalue weighted by Gasteiger charge is 2.63. The minimum Gasteiger partial charge on any atom is -0.353 e. The number of hydrogen-bond acceptors (Lipinski definition) is 5. The molecule has 4 heterocycles. The van der Waals surface area contributed by atoms with Crippen LogP contribution in [0.25, 0.3) is 6.08 Å². The van der Waals surface area contributed by atoms with Crippen LogP contribution in [0.4, 0.5) is 5.69 Å². The largest absolute Gasteiger partial charge is 0.353 e. The Morgan fingerprint density at radius 1 is 1.04 bits per heavy atom. The van der Waals surface area contributed by atoms with Crippen LogP contribution >= 0.6 is 0 Å². The lowest BCUT2D eigenvalue weighted by Crippen LogP contribution is -2.48. The van der Waals surface area contributed by atoms with Gasteiger partial charge in [0.2, 0.25) is 6.29 Å². The highest BCUT2D eigenvalue weighted by atomic mass is 16.7. The van der Waals surface area contributed by atoms with Crippen LogP contribution in [0, 0.1) is 11.8 Å². The lowest BCUT2D eigenvalue weighted by molar-refractivity contribution is -0.163. The number of fused-ring (bicyclic) bond motifs is 8. The molecule has 3 saturated heterocycles. The molecule has 2 bridgehead atoms. The number of benzene rings is 2. The summed E-state index contributed by atoms with van der Waals surface area (Å²) in [6.45, 7) is 0.363. The Hall–Kier alpha value is -2.76. The highest BCUT2D eigenvalue weighted by Crippen LogP contribution is 2.50. The third-order valence-electron chi connectivity index (χ3n) is 6.48. The van der Waals surface area contributed by atoms with Gasteiger partial charge in [0.25, 0.3) is 0 Å². The van der Waals surface area contributed by atoms with Gasteiger partial charge in [0.1, 0.15) is 0 Å². The van der Waals surface area contributed by atoms with Gasteiger partial charge in [-0.2, -0.15) is 0 Å². The Bertz CT molecular complexity index is 1000. The number of ketones is 2. The second-order valence-corrected chi connectivity index (χ2v) is 7.84. The Balaban J connectivity index is 1.53. The number of ether oxygens (including phenoxy) is 2. The van der Waals surface area contributed by atoms with E-state index in [2.05, 4.69) is 17.1 Å². The summed E-state index contributed by atoms with van der Waals surface area (Å²) in [6.07, 6.45) is 3.11. The second-order valence-electron chi connectivity index (χ2n) is 7.84. The SMILES string of the molecule is O=C1[C@H]2OC[C@@H](O2)[C@H]2[C@H]1[C@@H]1C=Cc3ccccc3N1[C@H]2C(=O)c1ccccc1. The molecule has 2 aromatic rings. The number of anilines is 1. The van der Waals surface area contributed by atoms with Crippen molar-refractivity contribution in [3.8, 4) is 0 Å². The normalized spacial score (nSPS) is 34.7. The zero-order valence-corrected chi connectivity index (χ0v) is 15.1. The first-order valence-corrected chi connectivity index (χ1v) is 9.70. The van der Waals surface area contributed by atoms with Crippen LogP contribution in [-0.2, 0) is 14.3 Å². The molecule has 28 heavy (non-hydrogen) atoms. The molecule has 0 amide bonds. The van der Waals surface area contributed by atoms with Gasteiger partial charge in [-0.25, -0.2) is 0 Å². The number of Topliss-reactive ketones (excluding diaryl/α,β-unsaturated/α-hetero) is 2. The summed E-state index contributed by atoms with van der Waals surface area (Å²) < 4.78 is 11.4. The van der Waals surface area contributed by atoms with E-state index in [1.54, 1.807) is 0 Å². The van der Waals surface area contributed by atoms with Gasteiger partial charge in [-0.15, -0.1) is 0 Å². The van der Waals surface area contributed by atoms with Crippen molar-refractivity contribution >= 4 is 23.3 Å². The summed E-state index contributed by atoms with van der Waals surface area (Å²) in [5, 5.41) is 0. The van der Waals surface area contributed by atoms with Gasteiger partial charge in [0.15, 0.2) is 11.6 Å². The van der Waals surface area contributed by atoms with E-state index in [9.17, 15) is 9.59 Å². The smallest absolute Gasteiger partial charge is 0.218 e. The number of para-hydroxylation sites is 1. The highest BCUT2D eigenvalue weighted by molar-refractivity contribution is 6.05. The summed E-state index contributed by atoms with van der Waals surface area (Å²) >= 11 is 0. The van der Waals surface area contributed by atoms with E-state index in [1.165, 1.54) is 0 Å². The second kappa shape index (κ2) is 5.87. The quantitative estimate of drug-likeness (QED) is 0.758. The van der Waals surface area contributed by atoms with Crippen molar-refractivity contribution in [3.05, 3.63) is 71.8 Å². The van der Waals surface area contributed by atoms with Crippen molar-refractivity contribution in [2.75, 3.05) is 11.5 Å². The zero-order valence-electron chi connectivity index (χ0n) is 15.1. The van der Waals surface area contributed by atoms with Crippen LogP contribution in [0.2, 0.25) is 0 Å². The van der Waals surface area contributed by atoms with E-state index in [0.717, 1.165) is 11.3 Å². The first-order chi connectivity index (χ1) is 13.7. The van der Waals surface area contributed by atoms with Crippen LogP contribution in [0.15, 0.2) is 60.7 Å². The van der Waals surface area contributed by atoms with Gasteiger partial charge in [0.05, 0.1) is 30.7 Å². The van der Waals surface area contributed by atoms with Crippen LogP contribution in [0.5, 0.6) is 0 Å². The van der Waals surface area contributed by atoms with Gasteiger partial charge < -0.3 is 14.4 Å². The molecule has 0 unspecified atom stereocenters. The van der Waals surface area contributed by atoms with Gasteiger partial charge in [-0.05, 0) is 11.6 Å². The molecule has 5 heteroatoms. The molecule has 0 aliphatic carbocycles. The van der Waals surface area contributed by atoms with E-state index >= 15 is 0 Å². The van der Waals surface area contributed by atoms with E-state index in [4.69, 9.17) is 9.47 Å². The zero-order chi connectivity index (χ0) is 18.8. The first kappa shape index (κ1) is 16.2. The maximum absolute atomic E-state index is 13.7. The number of carbonyl (C=O) groups is 2. The molecular formula is C23H19NO4. The molecule has 5 nitrogen and oxygen atoms in total. The number of nitrogens with zero attached hydrogens (tertiary/aromatic N) is 1. The van der Waals surface area contributed by atoms with Crippen molar-refractivity contribution in [1.29, 1.82) is 0 Å². The van der Waals surface area contributed by atoms with E-state index < -0.39 is 12.3 Å². The molecular weight excluding hydrogens is 354 g/mol. The summed E-state index contributed by atoms with van der Waals surface area (Å²) in [5.74, 6) is -0.528. The lowest BCUT2D eigenvalue weighted by atomic mass is 9.77. The monoisotopic (exact) mass is 373 g/mol. The third-order valence-corrected chi connectivity index (χ3v) is 6.48. The van der Waals surface area contributed by atoms with Crippen molar-refractivity contribution in [3.63, 3.8) is 0 Å². The van der Waals surface area contributed by atoms with E-state index in [-0.39, 0.29) is 35.5 Å². The topological polar surface area (TPSA) is 55.8 Å². The Morgan fingerprint density at radius 3 is 2.68 bits per heavy atom. The average molecular weight is 373 g/mol. The summed E-state index contributed by atoms with van der Waals surface area (Å²) in [4.78, 5) is 28.9. The minimum absolute atomic E-state index is 0.0324. The van der Waals surface area contributed by atoms with Gasteiger partial charge in [0, 0.05) is 17.2 Å². The van der Waals surface area contributed by atoms with Crippen molar-refractivity contribution in [2.24, 2.45) is 11.8 Å². The minimum atomic E-state index is -0.788. The van der Waals surface area contributed by atoms with Crippen LogP contribution in [0.1, 0.15) is 15.9 Å². The molecule has 0 radical (unpaired) electrons. The first-order valence-electron chi connectivity index (χ1n) is 9.70. The van der Waals surface area contributed by atoms with Crippen molar-refractivity contribution < 1.29 is 19.1 Å². The molecule has 0 spiro atoms. The van der Waals surface area contributed by atoms with Gasteiger partial charge >= 0.3 is 0 Å². The molecule has 2 aromatic carbocycles. The number of carbonyl (C=O) groups excluding carboxylic acids is 2. The van der Waals surface area contributed by atoms with E-state index in [0.29, 0.717) is 12.2 Å². The van der Waals surface area contributed by atoms with Gasteiger partial charge in [-0.1, -0.05) is 60.7 Å². The number of hydrogen-bond donors (Lipinski definition) is 0. The molecule has 0 aromatic heterocycles. The summed E-state index contributed by atoms with van der Waals surface area (Å²) in [6, 6.07) is 16.8. The van der Waals surface area contributed by atoms with Gasteiger partial charge in [-0.3, -0.25) is 9.59 Å². The molecule has 0 N–H and O–H groups in total. The molecule has 6 atom stereocenters. The maximum atomic E-state index is 13.7. The lowest BCUT2D eigenvalue weighted by Gasteiger charge is -2.35. The van der Waals surface area contributed by atoms with Crippen molar-refractivity contribution in [2.45, 2.75) is 24.5 Å². The molecule has 3 fully saturated rings. The standard InChI is InChI=1S/C23H19NO4/c25-21(14-7-2-1-3-8-14)20-19-17-12-27-23(28-17)22(26)18(19)16-11-10-13-6-4-5-9-15(13)24(16)20/h1-11,16-20,23H,12H2/t16-,17+,18+,19-,20+,23-/m0/s1. The predicted molar refractivity (Wildman–Crippen MR) is 103 cm³/mol. The Morgan fingerprint density at radius 2 is 1.82 bits per heavy atom. The average Bonchev–Trinajstić information content (AvgIpc) is 3.33. The van der Waals surface area contributed by atoms with E-state index in [1.807, 2.05) is 54.6 Å². The molecule has 6 rings (SSSR count). The summed E-state index contributed by atoms with van der Waals surface area (Å²) in [5.41, 5.74) is 2.73. The third kappa shape index (κ3) is 2.09. The predicted octanol–water partition coefficient (Wildman–Crippen LogP) is 2.71. The fourth-order valence-corrected chi connectivity index (χ4v) is 5.35. The fraction of sp³-hybridized carbons (Fsp3) is 0.304. The van der Waals surface area contributed by atoms with Crippen LogP contribution in [-0.4, -0.2) is 42.7 Å². The van der Waals surface area contributed by atoms with Crippen molar-refractivity contribution in [1.82, 2.24) is 0 Å². The number of rotatable bonds is 2. The molecule has 0 saturated carbocycles. The fourth-order valence-electron chi connectivity index (χ4n) is 5.35. The summed E-state index contributed by atoms with van der Waals surface area (Å²) in [7, 11) is 0. The Labute approximate surface area is 162 Å². The molecule has 140 valence electrons. The molecule has 4 aliphatic rings. The molecule has 4 aliphatic heterocycles. The van der Waals surface area contributed by atoms with Crippen LogP contribution in [0.3, 0.4) is 0 Å².